The van der Waals surface area contributed by atoms with Crippen molar-refractivity contribution in [2.24, 2.45) is 5.73 Å². The van der Waals surface area contributed by atoms with E-state index in [-0.39, 0.29) is 30.4 Å². The lowest BCUT2D eigenvalue weighted by atomic mass is 9.89. The number of benzene rings is 1. The van der Waals surface area contributed by atoms with Gasteiger partial charge in [-0.3, -0.25) is 19.2 Å². The number of carboxylic acid groups (broad SMARTS) is 1. The maximum atomic E-state index is 12.8. The van der Waals surface area contributed by atoms with Crippen molar-refractivity contribution in [3.05, 3.63) is 35.4 Å². The zero-order valence-electron chi connectivity index (χ0n) is 18.1. The number of rotatable bonds is 10. The molecule has 0 saturated carbocycles. The molecule has 1 aliphatic carbocycles. The van der Waals surface area contributed by atoms with Crippen LogP contribution in [0.4, 0.5) is 0 Å². The van der Waals surface area contributed by atoms with Crippen molar-refractivity contribution in [1.29, 1.82) is 0 Å². The molecule has 0 saturated heterocycles. The number of thioether (sulfide) groups is 1. The summed E-state index contributed by atoms with van der Waals surface area (Å²) in [5.74, 6) is -3.11. The summed E-state index contributed by atoms with van der Waals surface area (Å²) >= 11 is 1.47. The van der Waals surface area contributed by atoms with Crippen molar-refractivity contribution in [1.82, 2.24) is 10.6 Å². The van der Waals surface area contributed by atoms with E-state index in [2.05, 4.69) is 10.6 Å². The Hall–Kier alpha value is -3.09. The van der Waals surface area contributed by atoms with Gasteiger partial charge in [0.1, 0.15) is 17.9 Å². The van der Waals surface area contributed by atoms with Crippen LogP contribution in [0.3, 0.4) is 0 Å². The second-order valence-electron chi connectivity index (χ2n) is 7.38. The van der Waals surface area contributed by atoms with Crippen LogP contribution in [-0.4, -0.2) is 76.7 Å². The zero-order chi connectivity index (χ0) is 24.7. The summed E-state index contributed by atoms with van der Waals surface area (Å²) in [5, 5.41) is 34.3. The highest BCUT2D eigenvalue weighted by Gasteiger charge is 2.35. The highest BCUT2D eigenvalue weighted by molar-refractivity contribution is 7.98. The molecule has 0 aliphatic heterocycles. The minimum Gasteiger partial charge on any atom is -0.496 e. The first-order valence-corrected chi connectivity index (χ1v) is 11.2. The maximum absolute atomic E-state index is 12.8. The van der Waals surface area contributed by atoms with E-state index in [1.807, 2.05) is 6.26 Å². The van der Waals surface area contributed by atoms with Gasteiger partial charge in [0, 0.05) is 23.3 Å². The average Bonchev–Trinajstić information content (AvgIpc) is 2.78. The molecule has 0 aromatic heterocycles. The van der Waals surface area contributed by atoms with E-state index in [0.717, 1.165) is 4.90 Å². The molecule has 0 bridgehead atoms. The first-order valence-electron chi connectivity index (χ1n) is 9.99. The molecule has 11 nitrogen and oxygen atoms in total. The number of aliphatic hydroxyl groups is 2. The van der Waals surface area contributed by atoms with Gasteiger partial charge in [0.05, 0.1) is 24.8 Å². The molecular weight excluding hydrogens is 454 g/mol. The van der Waals surface area contributed by atoms with Crippen LogP contribution in [0.25, 0.3) is 0 Å². The SMILES string of the molecule is COc1cc(SC)ccc1C(=O)N[C@H]1C=C(C(=O)N[C@@H](CCC(=O)O)C(N)=O)C[C@@H](O)[C@@H]1O. The van der Waals surface area contributed by atoms with Gasteiger partial charge in [-0.15, -0.1) is 11.8 Å². The minimum atomic E-state index is -1.39. The quantitative estimate of drug-likeness (QED) is 0.237. The lowest BCUT2D eigenvalue weighted by Gasteiger charge is -2.31. The number of primary amides is 1. The first-order chi connectivity index (χ1) is 15.6. The van der Waals surface area contributed by atoms with Gasteiger partial charge < -0.3 is 36.4 Å². The number of carboxylic acids is 1. The normalized spacial score (nSPS) is 20.8. The number of methoxy groups -OCH3 is 1. The minimum absolute atomic E-state index is 0.00405. The molecule has 0 radical (unpaired) electrons. The number of hydrogen-bond acceptors (Lipinski definition) is 8. The predicted molar refractivity (Wildman–Crippen MR) is 119 cm³/mol. The molecule has 33 heavy (non-hydrogen) atoms. The van der Waals surface area contributed by atoms with E-state index >= 15 is 0 Å². The van der Waals surface area contributed by atoms with Gasteiger partial charge in [-0.2, -0.15) is 0 Å². The van der Waals surface area contributed by atoms with E-state index in [1.165, 1.54) is 24.9 Å². The van der Waals surface area contributed by atoms with Gasteiger partial charge in [-0.25, -0.2) is 0 Å². The number of hydrogen-bond donors (Lipinski definition) is 6. The molecule has 12 heteroatoms. The highest BCUT2D eigenvalue weighted by Crippen LogP contribution is 2.26. The lowest BCUT2D eigenvalue weighted by Crippen LogP contribution is -2.52. The van der Waals surface area contributed by atoms with Crippen molar-refractivity contribution in [3.63, 3.8) is 0 Å². The Bertz CT molecular complexity index is 951. The predicted octanol–water partition coefficient (Wildman–Crippen LogP) is -0.598. The smallest absolute Gasteiger partial charge is 0.303 e. The second-order valence-corrected chi connectivity index (χ2v) is 8.26. The number of carbonyl (C=O) groups excluding carboxylic acids is 3. The fraction of sp³-hybridized carbons (Fsp3) is 0.429. The third-order valence-corrected chi connectivity index (χ3v) is 5.84. The van der Waals surface area contributed by atoms with Crippen LogP contribution in [0.15, 0.2) is 34.7 Å². The summed E-state index contributed by atoms with van der Waals surface area (Å²) in [7, 11) is 1.41. The molecule has 0 heterocycles. The van der Waals surface area contributed by atoms with Gasteiger partial charge in [-0.05, 0) is 30.9 Å². The summed E-state index contributed by atoms with van der Waals surface area (Å²) in [6.07, 6.45) is -0.437. The van der Waals surface area contributed by atoms with Gasteiger partial charge in [0.15, 0.2) is 0 Å². The Morgan fingerprint density at radius 2 is 1.94 bits per heavy atom. The lowest BCUT2D eigenvalue weighted by molar-refractivity contribution is -0.137. The number of ether oxygens (including phenoxy) is 1. The molecular formula is C21H27N3O8S. The van der Waals surface area contributed by atoms with Crippen LogP contribution in [0.2, 0.25) is 0 Å². The van der Waals surface area contributed by atoms with Gasteiger partial charge in [0.2, 0.25) is 11.8 Å². The third-order valence-electron chi connectivity index (χ3n) is 5.11. The molecule has 1 aliphatic rings. The summed E-state index contributed by atoms with van der Waals surface area (Å²) in [6.45, 7) is 0. The molecule has 180 valence electrons. The molecule has 0 spiro atoms. The molecule has 1 aromatic rings. The largest absolute Gasteiger partial charge is 0.496 e. The van der Waals surface area contributed by atoms with Crippen LogP contribution in [0, 0.1) is 0 Å². The number of aliphatic carboxylic acids is 1. The van der Waals surface area contributed by atoms with E-state index in [1.54, 1.807) is 18.2 Å². The van der Waals surface area contributed by atoms with E-state index in [0.29, 0.717) is 5.75 Å². The topological polar surface area (TPSA) is 188 Å². The van der Waals surface area contributed by atoms with Crippen molar-refractivity contribution in [3.8, 4) is 5.75 Å². The van der Waals surface area contributed by atoms with Crippen LogP contribution in [-0.2, 0) is 14.4 Å². The Morgan fingerprint density at radius 1 is 1.24 bits per heavy atom. The number of nitrogens with two attached hydrogens (primary N) is 1. The number of amides is 3. The average molecular weight is 482 g/mol. The highest BCUT2D eigenvalue weighted by atomic mass is 32.2. The summed E-state index contributed by atoms with van der Waals surface area (Å²) in [5.41, 5.74) is 5.43. The molecule has 4 atom stereocenters. The number of carbonyl (C=O) groups is 4. The van der Waals surface area contributed by atoms with Crippen molar-refractivity contribution >= 4 is 35.5 Å². The van der Waals surface area contributed by atoms with Crippen LogP contribution < -0.4 is 21.1 Å². The standard InChI is InChI=1S/C21H27N3O8S/c1-32-16-9-11(33-2)3-4-12(16)21(31)24-14-7-10(8-15(25)18(14)28)20(30)23-13(19(22)29)5-6-17(26)27/h3-4,7,9,13-15,18,25,28H,5-6,8H2,1-2H3,(H2,22,29)(H,23,30)(H,24,31)(H,26,27)/t13-,14-,15+,18+/m0/s1. The fourth-order valence-electron chi connectivity index (χ4n) is 3.28. The summed E-state index contributed by atoms with van der Waals surface area (Å²) < 4.78 is 5.26. The van der Waals surface area contributed by atoms with E-state index < -0.39 is 48.0 Å². The molecule has 0 fully saturated rings. The summed E-state index contributed by atoms with van der Waals surface area (Å²) in [4.78, 5) is 48.6. The van der Waals surface area contributed by atoms with Gasteiger partial charge in [0.25, 0.3) is 5.91 Å². The molecule has 0 unspecified atom stereocenters. The fourth-order valence-corrected chi connectivity index (χ4v) is 3.71. The van der Waals surface area contributed by atoms with Crippen molar-refractivity contribution in [2.75, 3.05) is 13.4 Å². The van der Waals surface area contributed by atoms with Crippen LogP contribution >= 0.6 is 11.8 Å². The van der Waals surface area contributed by atoms with E-state index in [4.69, 9.17) is 15.6 Å². The maximum Gasteiger partial charge on any atom is 0.303 e. The van der Waals surface area contributed by atoms with Crippen LogP contribution in [0.5, 0.6) is 5.75 Å². The Morgan fingerprint density at radius 3 is 2.52 bits per heavy atom. The first kappa shape index (κ1) is 26.2. The zero-order valence-corrected chi connectivity index (χ0v) is 18.9. The molecule has 7 N–H and O–H groups in total. The Balaban J connectivity index is 2.20. The third kappa shape index (κ3) is 6.94. The van der Waals surface area contributed by atoms with Gasteiger partial charge >= 0.3 is 5.97 Å². The van der Waals surface area contributed by atoms with Crippen molar-refractivity contribution < 1.29 is 39.2 Å². The van der Waals surface area contributed by atoms with E-state index in [9.17, 15) is 29.4 Å². The Kier molecular flexibility index (Phi) is 9.26. The monoisotopic (exact) mass is 481 g/mol. The number of aliphatic hydroxyl groups excluding tert-OH is 2. The second kappa shape index (κ2) is 11.7. The van der Waals surface area contributed by atoms with Gasteiger partial charge in [-0.1, -0.05) is 6.08 Å². The molecule has 2 rings (SSSR count). The Labute approximate surface area is 194 Å². The molecule has 3 amide bonds. The number of nitrogens with one attached hydrogen (secondary N) is 2. The molecule has 1 aromatic carbocycles. The van der Waals surface area contributed by atoms with Crippen LogP contribution in [0.1, 0.15) is 29.6 Å². The van der Waals surface area contributed by atoms with Crippen molar-refractivity contribution in [2.45, 2.75) is 48.4 Å². The summed E-state index contributed by atoms with van der Waals surface area (Å²) in [6, 6.07) is 2.62.